The molecule has 144 valence electrons. The quantitative estimate of drug-likeness (QED) is 0.412. The van der Waals surface area contributed by atoms with Gasteiger partial charge in [-0.15, -0.1) is 18.9 Å². The van der Waals surface area contributed by atoms with Crippen LogP contribution in [0.2, 0.25) is 0 Å². The molecule has 2 aromatic carbocycles. The molecule has 1 aliphatic heterocycles. The van der Waals surface area contributed by atoms with Crippen LogP contribution < -0.4 is 5.32 Å². The summed E-state index contributed by atoms with van der Waals surface area (Å²) in [6, 6.07) is 19.0. The summed E-state index contributed by atoms with van der Waals surface area (Å²) in [7, 11) is 0. The molecule has 0 saturated carbocycles. The van der Waals surface area contributed by atoms with Crippen LogP contribution in [0.1, 0.15) is 30.5 Å². The molecule has 0 aromatic heterocycles. The normalized spacial score (nSPS) is 17.8. The highest BCUT2D eigenvalue weighted by atomic mass is 79.9. The lowest BCUT2D eigenvalue weighted by Gasteiger charge is -2.15. The molecule has 28 heavy (non-hydrogen) atoms. The highest BCUT2D eigenvalue weighted by Crippen LogP contribution is 2.30. The van der Waals surface area contributed by atoms with Gasteiger partial charge in [-0.1, -0.05) is 88.4 Å². The highest BCUT2D eigenvalue weighted by molar-refractivity contribution is 9.10. The second-order valence-electron chi connectivity index (χ2n) is 6.12. The van der Waals surface area contributed by atoms with Crippen molar-refractivity contribution in [3.63, 3.8) is 0 Å². The summed E-state index contributed by atoms with van der Waals surface area (Å²) in [5.74, 6) is 3.53. The second-order valence-corrected chi connectivity index (χ2v) is 8.00. The van der Waals surface area contributed by atoms with Crippen molar-refractivity contribution in [2.24, 2.45) is 4.99 Å². The number of aliphatic imine (C=N–C) groups is 1. The minimum Gasteiger partial charge on any atom is -0.356 e. The van der Waals surface area contributed by atoms with Crippen molar-refractivity contribution >= 4 is 32.9 Å². The van der Waals surface area contributed by atoms with Gasteiger partial charge in [0, 0.05) is 16.6 Å². The predicted octanol–water partition coefficient (Wildman–Crippen LogP) is 6.52. The number of nitrogens with zero attached hydrogens (tertiary/aromatic N) is 1. The van der Waals surface area contributed by atoms with Crippen LogP contribution in [0.25, 0.3) is 0 Å². The first kappa shape index (κ1) is 22.1. The van der Waals surface area contributed by atoms with Gasteiger partial charge in [-0.2, -0.15) is 0 Å². The van der Waals surface area contributed by atoms with Crippen LogP contribution in [-0.4, -0.2) is 11.2 Å². The van der Waals surface area contributed by atoms with Crippen LogP contribution in [0.3, 0.4) is 0 Å². The summed E-state index contributed by atoms with van der Waals surface area (Å²) in [4.78, 5) is 4.91. The Morgan fingerprint density at radius 1 is 1.25 bits per heavy atom. The first-order chi connectivity index (χ1) is 13.7. The van der Waals surface area contributed by atoms with Crippen molar-refractivity contribution < 1.29 is 0 Å². The number of rotatable bonds is 5. The topological polar surface area (TPSA) is 24.4 Å². The van der Waals surface area contributed by atoms with E-state index in [0.717, 1.165) is 15.4 Å². The lowest BCUT2D eigenvalue weighted by molar-refractivity contribution is 0.638. The molecular weight excluding hydrogens is 428 g/mol. The molecule has 0 fully saturated rings. The number of allylic oxidation sites excluding steroid dienone is 2. The third-order valence-corrected chi connectivity index (χ3v) is 5.34. The molecule has 2 aromatic rings. The SMILES string of the molecule is C#CC/C=C/[C@@H]1NC(SCc2cccc(Br)c2)=N[C@@H]1c1ccccc1.C=CC. The van der Waals surface area contributed by atoms with Gasteiger partial charge in [-0.25, -0.2) is 0 Å². The molecule has 0 saturated heterocycles. The van der Waals surface area contributed by atoms with E-state index in [4.69, 9.17) is 11.4 Å². The number of terminal acetylenes is 1. The Kier molecular flexibility index (Phi) is 9.68. The Balaban J connectivity index is 0.000000878. The summed E-state index contributed by atoms with van der Waals surface area (Å²) in [6.45, 7) is 5.25. The van der Waals surface area contributed by atoms with Crippen molar-refractivity contribution in [1.82, 2.24) is 5.32 Å². The summed E-state index contributed by atoms with van der Waals surface area (Å²) < 4.78 is 1.10. The Hall–Kier alpha value is -2.22. The monoisotopic (exact) mass is 452 g/mol. The Bertz CT molecular complexity index is 852. The average molecular weight is 453 g/mol. The summed E-state index contributed by atoms with van der Waals surface area (Å²) >= 11 is 5.25. The maximum absolute atomic E-state index is 5.35. The van der Waals surface area contributed by atoms with Crippen LogP contribution in [-0.2, 0) is 5.75 Å². The van der Waals surface area contributed by atoms with Crippen LogP contribution in [0.4, 0.5) is 0 Å². The number of nitrogens with one attached hydrogen (secondary N) is 1. The van der Waals surface area contributed by atoms with Gasteiger partial charge in [0.2, 0.25) is 0 Å². The maximum atomic E-state index is 5.35. The minimum atomic E-state index is 0.0835. The molecule has 1 aliphatic rings. The van der Waals surface area contributed by atoms with E-state index < -0.39 is 0 Å². The Labute approximate surface area is 181 Å². The van der Waals surface area contributed by atoms with E-state index in [0.29, 0.717) is 6.42 Å². The fraction of sp³-hybridized carbons (Fsp3) is 0.208. The Morgan fingerprint density at radius 3 is 2.68 bits per heavy atom. The van der Waals surface area contributed by atoms with Gasteiger partial charge in [0.05, 0.1) is 6.04 Å². The lowest BCUT2D eigenvalue weighted by atomic mass is 10.0. The largest absolute Gasteiger partial charge is 0.356 e. The number of thioether (sulfide) groups is 1. The zero-order valence-corrected chi connectivity index (χ0v) is 18.4. The molecule has 2 atom stereocenters. The molecule has 1 heterocycles. The van der Waals surface area contributed by atoms with Gasteiger partial charge >= 0.3 is 0 Å². The maximum Gasteiger partial charge on any atom is 0.158 e. The van der Waals surface area contributed by atoms with Crippen LogP contribution in [0.5, 0.6) is 0 Å². The summed E-state index contributed by atoms with van der Waals surface area (Å²) in [6.07, 6.45) is 11.9. The molecule has 0 amide bonds. The molecule has 0 radical (unpaired) electrons. The van der Waals surface area contributed by atoms with Gasteiger partial charge in [-0.3, -0.25) is 4.99 Å². The van der Waals surface area contributed by atoms with E-state index in [1.54, 1.807) is 17.8 Å². The molecule has 0 unspecified atom stereocenters. The minimum absolute atomic E-state index is 0.0835. The predicted molar refractivity (Wildman–Crippen MR) is 127 cm³/mol. The van der Waals surface area contributed by atoms with Gasteiger partial charge in [0.15, 0.2) is 5.17 Å². The molecule has 0 spiro atoms. The number of halogens is 1. The van der Waals surface area contributed by atoms with Crippen LogP contribution >= 0.6 is 27.7 Å². The standard InChI is InChI=1S/C21H19BrN2S.C3H6/c1-2-3-5-13-19-20(17-10-6-4-7-11-17)24-21(23-19)25-15-16-9-8-12-18(22)14-16;1-3-2/h1,4-14,19-20H,3,15H2,(H,23,24);3H,1H2,2H3/b13-5+;/t19-,20+;/m0./s1. The summed E-state index contributed by atoms with van der Waals surface area (Å²) in [5, 5.41) is 4.51. The fourth-order valence-corrected chi connectivity index (χ4v) is 4.03. The zero-order valence-electron chi connectivity index (χ0n) is 16.0. The molecule has 0 aliphatic carbocycles. The van der Waals surface area contributed by atoms with Crippen molar-refractivity contribution in [3.8, 4) is 12.3 Å². The fourth-order valence-electron chi connectivity index (χ4n) is 2.69. The molecule has 4 heteroatoms. The number of hydrogen-bond acceptors (Lipinski definition) is 3. The van der Waals surface area contributed by atoms with Gasteiger partial charge in [0.25, 0.3) is 0 Å². The number of benzene rings is 2. The highest BCUT2D eigenvalue weighted by Gasteiger charge is 2.27. The van der Waals surface area contributed by atoms with Gasteiger partial charge < -0.3 is 5.32 Å². The molecule has 1 N–H and O–H groups in total. The molecule has 3 rings (SSSR count). The zero-order chi connectivity index (χ0) is 20.2. The van der Waals surface area contributed by atoms with Crippen molar-refractivity contribution in [2.45, 2.75) is 31.2 Å². The van der Waals surface area contributed by atoms with Crippen LogP contribution in [0, 0.1) is 12.3 Å². The first-order valence-corrected chi connectivity index (χ1v) is 10.9. The van der Waals surface area contributed by atoms with Crippen LogP contribution in [0.15, 0.2) is 88.9 Å². The first-order valence-electron chi connectivity index (χ1n) is 9.11. The van der Waals surface area contributed by atoms with Gasteiger partial charge in [-0.05, 0) is 30.2 Å². The smallest absolute Gasteiger partial charge is 0.158 e. The van der Waals surface area contributed by atoms with E-state index in [1.165, 1.54) is 11.1 Å². The average Bonchev–Trinajstić information content (AvgIpc) is 3.11. The Morgan fingerprint density at radius 2 is 2.00 bits per heavy atom. The van der Waals surface area contributed by atoms with Crippen molar-refractivity contribution in [2.75, 3.05) is 0 Å². The number of amidine groups is 1. The van der Waals surface area contributed by atoms with Crippen molar-refractivity contribution in [3.05, 3.63) is 95.0 Å². The van der Waals surface area contributed by atoms with E-state index in [2.05, 4.69) is 82.3 Å². The van der Waals surface area contributed by atoms with E-state index in [9.17, 15) is 0 Å². The molecular formula is C24H25BrN2S. The lowest BCUT2D eigenvalue weighted by Crippen LogP contribution is -2.28. The number of hydrogen-bond donors (Lipinski definition) is 1. The molecule has 0 bridgehead atoms. The van der Waals surface area contributed by atoms with Crippen molar-refractivity contribution in [1.29, 1.82) is 0 Å². The van der Waals surface area contributed by atoms with E-state index in [-0.39, 0.29) is 12.1 Å². The third kappa shape index (κ3) is 7.07. The summed E-state index contributed by atoms with van der Waals surface area (Å²) in [5.41, 5.74) is 2.48. The molecule has 2 nitrogen and oxygen atoms in total. The third-order valence-electron chi connectivity index (χ3n) is 3.87. The van der Waals surface area contributed by atoms with E-state index in [1.807, 2.05) is 25.1 Å². The van der Waals surface area contributed by atoms with E-state index >= 15 is 0 Å². The second kappa shape index (κ2) is 12.3. The van der Waals surface area contributed by atoms with Gasteiger partial charge in [0.1, 0.15) is 6.04 Å².